The minimum Gasteiger partial charge on any atom is -0.300 e. The second kappa shape index (κ2) is 5.71. The van der Waals surface area contributed by atoms with Crippen LogP contribution in [0, 0.1) is 36.9 Å². The molecule has 0 amide bonds. The van der Waals surface area contributed by atoms with Gasteiger partial charge in [0.1, 0.15) is 11.6 Å². The average Bonchev–Trinajstić information content (AvgIpc) is 1.27. The summed E-state index contributed by atoms with van der Waals surface area (Å²) in [4.78, 5) is 20.1. The molecule has 0 unspecified atom stereocenters. The summed E-state index contributed by atoms with van der Waals surface area (Å²) in [6, 6.07) is 0. The summed E-state index contributed by atoms with van der Waals surface area (Å²) in [5.74, 6) is -0.125. The van der Waals surface area contributed by atoms with E-state index >= 15 is 0 Å². The molecule has 0 atom stereocenters. The van der Waals surface area contributed by atoms with E-state index in [2.05, 4.69) is 0 Å². The van der Waals surface area contributed by atoms with Crippen molar-refractivity contribution >= 4 is 11.6 Å². The Morgan fingerprint density at radius 2 is 1.38 bits per heavy atom. The maximum atomic E-state index is 10.0. The predicted molar refractivity (Wildman–Crippen MR) is 26.0 cm³/mol. The van der Waals surface area contributed by atoms with Crippen molar-refractivity contribution in [2.45, 2.75) is 20.3 Å². The molecule has 0 rings (SSSR count). The fourth-order valence-corrected chi connectivity index (χ4v) is 0.351. The monoisotopic (exact) mass is 275 g/mol. The molecule has 0 N–H and O–H groups in total. The topological polar surface area (TPSA) is 34.1 Å². The second-order valence-electron chi connectivity index (χ2n) is 1.58. The van der Waals surface area contributed by atoms with Crippen LogP contribution in [0.15, 0.2) is 0 Å². The SMILES string of the molecule is CC(=O)CC(C)=O.[Lu]. The van der Waals surface area contributed by atoms with Crippen LogP contribution in [0.5, 0.6) is 0 Å². The van der Waals surface area contributed by atoms with Crippen LogP contribution in [0.3, 0.4) is 0 Å². The van der Waals surface area contributed by atoms with Gasteiger partial charge in [-0.15, -0.1) is 0 Å². The predicted octanol–water partition coefficient (Wildman–Crippen LogP) is 0.554. The zero-order valence-electron chi connectivity index (χ0n) is 4.78. The summed E-state index contributed by atoms with van der Waals surface area (Å²) < 4.78 is 0. The fourth-order valence-electron chi connectivity index (χ4n) is 0.351. The van der Waals surface area contributed by atoms with Crippen molar-refractivity contribution in [3.05, 3.63) is 0 Å². The number of rotatable bonds is 2. The zero-order valence-corrected chi connectivity index (χ0v) is 6.44. The van der Waals surface area contributed by atoms with Crippen LogP contribution in [0.1, 0.15) is 20.3 Å². The molecule has 0 aliphatic carbocycles. The van der Waals surface area contributed by atoms with Crippen molar-refractivity contribution in [3.63, 3.8) is 0 Å². The Kier molecular flexibility index (Phi) is 8.12. The minimum atomic E-state index is -0.0625. The number of carbonyl (C=O) groups is 2. The summed E-state index contributed by atoms with van der Waals surface area (Å²) >= 11 is 0. The van der Waals surface area contributed by atoms with Gasteiger partial charge in [0.25, 0.3) is 0 Å². The first-order valence-corrected chi connectivity index (χ1v) is 2.12. The molecule has 0 aliphatic rings. The second-order valence-corrected chi connectivity index (χ2v) is 1.58. The molecule has 8 heavy (non-hydrogen) atoms. The van der Waals surface area contributed by atoms with Crippen molar-refractivity contribution in [2.75, 3.05) is 0 Å². The first-order chi connectivity index (χ1) is 3.13. The number of hydrogen-bond acceptors (Lipinski definition) is 2. The van der Waals surface area contributed by atoms with Crippen molar-refractivity contribution in [1.82, 2.24) is 0 Å². The summed E-state index contributed by atoms with van der Waals surface area (Å²) in [5, 5.41) is 0. The van der Waals surface area contributed by atoms with E-state index in [1.165, 1.54) is 13.8 Å². The van der Waals surface area contributed by atoms with E-state index in [4.69, 9.17) is 0 Å². The van der Waals surface area contributed by atoms with Crippen molar-refractivity contribution in [1.29, 1.82) is 0 Å². The molecule has 0 saturated carbocycles. The Labute approximate surface area is 77.8 Å². The van der Waals surface area contributed by atoms with Gasteiger partial charge in [-0.05, 0) is 13.8 Å². The number of Topliss-reactive ketones (excluding diaryl/α,β-unsaturated/α-hetero) is 2. The van der Waals surface area contributed by atoms with Crippen LogP contribution >= 0.6 is 0 Å². The molecule has 0 heterocycles. The molecule has 55 valence electrons. The maximum Gasteiger partial charge on any atom is 0.137 e. The van der Waals surface area contributed by atoms with Crippen molar-refractivity contribution in [3.8, 4) is 0 Å². The fraction of sp³-hybridized carbons (Fsp3) is 0.600. The maximum absolute atomic E-state index is 10.0. The van der Waals surface area contributed by atoms with Gasteiger partial charge in [-0.1, -0.05) is 0 Å². The van der Waals surface area contributed by atoms with Crippen LogP contribution in [-0.4, -0.2) is 11.6 Å². The number of hydrogen-bond donors (Lipinski definition) is 0. The van der Waals surface area contributed by atoms with Crippen LogP contribution < -0.4 is 0 Å². The number of carbonyl (C=O) groups excluding carboxylic acids is 2. The minimum absolute atomic E-state index is 0. The molecular formula is C5H8LuO2. The Morgan fingerprint density at radius 3 is 1.38 bits per heavy atom. The smallest absolute Gasteiger partial charge is 0.137 e. The van der Waals surface area contributed by atoms with Crippen molar-refractivity contribution < 1.29 is 46.5 Å². The van der Waals surface area contributed by atoms with Crippen LogP contribution in [0.2, 0.25) is 0 Å². The van der Waals surface area contributed by atoms with E-state index in [-0.39, 0.29) is 54.9 Å². The molecule has 0 fully saturated rings. The van der Waals surface area contributed by atoms with Gasteiger partial charge in [0.15, 0.2) is 0 Å². The summed E-state index contributed by atoms with van der Waals surface area (Å²) in [5.41, 5.74) is 0. The van der Waals surface area contributed by atoms with Gasteiger partial charge in [-0.25, -0.2) is 0 Å². The van der Waals surface area contributed by atoms with E-state index in [1.807, 2.05) is 0 Å². The first kappa shape index (κ1) is 11.4. The molecule has 0 bridgehead atoms. The Bertz CT molecular complexity index is 86.6. The van der Waals surface area contributed by atoms with Crippen LogP contribution in [0.25, 0.3) is 0 Å². The van der Waals surface area contributed by atoms with Gasteiger partial charge in [-0.2, -0.15) is 0 Å². The Morgan fingerprint density at radius 1 is 1.12 bits per heavy atom. The molecule has 0 aromatic rings. The molecule has 2 nitrogen and oxygen atoms in total. The van der Waals surface area contributed by atoms with Gasteiger partial charge < -0.3 is 0 Å². The molecule has 0 aromatic heterocycles. The zero-order chi connectivity index (χ0) is 5.86. The van der Waals surface area contributed by atoms with Gasteiger partial charge >= 0.3 is 0 Å². The normalized spacial score (nSPS) is 7.25. The van der Waals surface area contributed by atoms with Gasteiger partial charge in [0.2, 0.25) is 0 Å². The third-order valence-electron chi connectivity index (χ3n) is 0.498. The molecular weight excluding hydrogens is 267 g/mol. The molecule has 3 heteroatoms. The molecule has 0 aromatic carbocycles. The molecule has 0 spiro atoms. The standard InChI is InChI=1S/C5H8O2.Lu/c1-4(6)3-5(2)7;/h3H2,1-2H3;. The van der Waals surface area contributed by atoms with E-state index in [0.29, 0.717) is 0 Å². The number of ketones is 2. The summed E-state index contributed by atoms with van der Waals surface area (Å²) in [6.07, 6.45) is 0.0833. The van der Waals surface area contributed by atoms with E-state index in [9.17, 15) is 9.59 Å². The van der Waals surface area contributed by atoms with Crippen LogP contribution in [0.4, 0.5) is 0 Å². The quantitative estimate of drug-likeness (QED) is 0.690. The van der Waals surface area contributed by atoms with Gasteiger partial charge in [0.05, 0.1) is 6.42 Å². The third-order valence-corrected chi connectivity index (χ3v) is 0.498. The van der Waals surface area contributed by atoms with Crippen LogP contribution in [-0.2, 0) is 9.59 Å². The Hall–Kier alpha value is 0.574. The third kappa shape index (κ3) is 9.76. The molecule has 0 saturated heterocycles. The van der Waals surface area contributed by atoms with Crippen molar-refractivity contribution in [2.24, 2.45) is 0 Å². The summed E-state index contributed by atoms with van der Waals surface area (Å²) in [7, 11) is 0. The Balaban J connectivity index is 0. The largest absolute Gasteiger partial charge is 0.300 e. The van der Waals surface area contributed by atoms with Gasteiger partial charge in [0, 0.05) is 36.9 Å². The van der Waals surface area contributed by atoms with E-state index < -0.39 is 0 Å². The van der Waals surface area contributed by atoms with Gasteiger partial charge in [-0.3, -0.25) is 9.59 Å². The first-order valence-electron chi connectivity index (χ1n) is 2.12. The van der Waals surface area contributed by atoms with E-state index in [0.717, 1.165) is 0 Å². The summed E-state index contributed by atoms with van der Waals surface area (Å²) in [6.45, 7) is 2.81. The van der Waals surface area contributed by atoms with E-state index in [1.54, 1.807) is 0 Å². The molecule has 0 aliphatic heterocycles. The molecule has 1 radical (unpaired) electrons. The average molecular weight is 275 g/mol.